The van der Waals surface area contributed by atoms with Crippen molar-refractivity contribution in [2.45, 2.75) is 57.7 Å². The maximum atomic E-state index is 12.5. The minimum Gasteiger partial charge on any atom is -0.423 e. The van der Waals surface area contributed by atoms with Gasteiger partial charge >= 0.3 is 7.12 Å². The number of hydrogen-bond acceptors (Lipinski definition) is 5. The number of thiophene rings is 1. The Balaban J connectivity index is 3.41. The molecular weight excluding hydrogens is 309 g/mol. The van der Waals surface area contributed by atoms with Gasteiger partial charge in [0.15, 0.2) is 0 Å². The minimum atomic E-state index is -3.78. The quantitative estimate of drug-likeness (QED) is 0.702. The van der Waals surface area contributed by atoms with Crippen LogP contribution in [0.2, 0.25) is 0 Å². The van der Waals surface area contributed by atoms with Gasteiger partial charge in [0.2, 0.25) is 10.0 Å². The molecule has 0 radical (unpaired) electrons. The van der Waals surface area contributed by atoms with Crippen LogP contribution in [0.5, 0.6) is 0 Å². The highest BCUT2D eigenvalue weighted by atomic mass is 32.2. The third kappa shape index (κ3) is 4.79. The van der Waals surface area contributed by atoms with Crippen molar-refractivity contribution in [3.8, 4) is 0 Å². The highest BCUT2D eigenvalue weighted by Crippen LogP contribution is 2.27. The van der Waals surface area contributed by atoms with Gasteiger partial charge in [-0.1, -0.05) is 13.8 Å². The lowest BCUT2D eigenvalue weighted by Crippen LogP contribution is -2.44. The molecule has 120 valence electrons. The number of rotatable bonds is 5. The Morgan fingerprint density at radius 3 is 2.19 bits per heavy atom. The summed E-state index contributed by atoms with van der Waals surface area (Å²) in [5, 5.41) is 19.1. The Morgan fingerprint density at radius 1 is 1.29 bits per heavy atom. The second kappa shape index (κ2) is 6.38. The van der Waals surface area contributed by atoms with E-state index in [1.54, 1.807) is 27.7 Å². The van der Waals surface area contributed by atoms with E-state index in [0.29, 0.717) is 17.9 Å². The van der Waals surface area contributed by atoms with Crippen molar-refractivity contribution in [1.82, 2.24) is 4.72 Å². The minimum absolute atomic E-state index is 0.000532. The summed E-state index contributed by atoms with van der Waals surface area (Å²) in [6.07, 6.45) is 0.710. The molecule has 21 heavy (non-hydrogen) atoms. The van der Waals surface area contributed by atoms with Crippen LogP contribution in [0.3, 0.4) is 0 Å². The van der Waals surface area contributed by atoms with E-state index in [9.17, 15) is 18.5 Å². The zero-order chi connectivity index (χ0) is 16.6. The van der Waals surface area contributed by atoms with Crippen LogP contribution in [0, 0.1) is 12.8 Å². The van der Waals surface area contributed by atoms with E-state index in [1.807, 2.05) is 13.8 Å². The zero-order valence-corrected chi connectivity index (χ0v) is 15.0. The van der Waals surface area contributed by atoms with E-state index >= 15 is 0 Å². The fraction of sp³-hybridized carbons (Fsp3) is 0.692. The van der Waals surface area contributed by atoms with Crippen LogP contribution in [0.25, 0.3) is 0 Å². The first-order valence-electron chi connectivity index (χ1n) is 6.87. The molecule has 0 unspecified atom stereocenters. The lowest BCUT2D eigenvalue weighted by atomic mass is 9.79. The first-order chi connectivity index (χ1) is 9.35. The van der Waals surface area contributed by atoms with E-state index < -0.39 is 22.7 Å². The van der Waals surface area contributed by atoms with Gasteiger partial charge in [-0.25, -0.2) is 13.1 Å². The van der Waals surface area contributed by atoms with Crippen molar-refractivity contribution in [2.75, 3.05) is 0 Å². The Hall–Kier alpha value is -0.405. The molecule has 1 aromatic rings. The molecule has 0 aliphatic rings. The third-order valence-electron chi connectivity index (χ3n) is 2.79. The van der Waals surface area contributed by atoms with Crippen LogP contribution in [0.1, 0.15) is 45.1 Å². The maximum absolute atomic E-state index is 12.5. The number of sulfonamides is 1. The number of hydrogen-bond donors (Lipinski definition) is 3. The summed E-state index contributed by atoms with van der Waals surface area (Å²) < 4.78 is 27.6. The molecule has 1 heterocycles. The summed E-state index contributed by atoms with van der Waals surface area (Å²) in [6.45, 7) is 11.0. The maximum Gasteiger partial charge on any atom is 0.490 e. The van der Waals surface area contributed by atoms with Crippen molar-refractivity contribution in [3.63, 3.8) is 0 Å². The monoisotopic (exact) mass is 333 g/mol. The molecule has 5 nitrogen and oxygen atoms in total. The zero-order valence-electron chi connectivity index (χ0n) is 13.4. The smallest absolute Gasteiger partial charge is 0.423 e. The van der Waals surface area contributed by atoms with Gasteiger partial charge in [0, 0.05) is 15.9 Å². The summed E-state index contributed by atoms with van der Waals surface area (Å²) >= 11 is 1.12. The van der Waals surface area contributed by atoms with Crippen LogP contribution in [0.4, 0.5) is 0 Å². The normalized spacial score (nSPS) is 13.0. The van der Waals surface area contributed by atoms with E-state index in [1.165, 1.54) is 0 Å². The van der Waals surface area contributed by atoms with Gasteiger partial charge < -0.3 is 10.0 Å². The fourth-order valence-electron chi connectivity index (χ4n) is 2.06. The molecule has 0 aromatic carbocycles. The van der Waals surface area contributed by atoms with Crippen molar-refractivity contribution < 1.29 is 18.5 Å². The first-order valence-corrected chi connectivity index (χ1v) is 9.17. The van der Waals surface area contributed by atoms with E-state index in [-0.39, 0.29) is 9.67 Å². The Morgan fingerprint density at radius 2 is 1.81 bits per heavy atom. The molecule has 0 saturated heterocycles. The van der Waals surface area contributed by atoms with Gasteiger partial charge in [0.05, 0.1) is 0 Å². The summed E-state index contributed by atoms with van der Waals surface area (Å²) in [7, 11) is -5.58. The molecule has 0 aliphatic heterocycles. The molecule has 0 amide bonds. The fourth-order valence-corrected chi connectivity index (χ4v) is 5.64. The lowest BCUT2D eigenvalue weighted by Gasteiger charge is -2.20. The molecule has 3 N–H and O–H groups in total. The second-order valence-corrected chi connectivity index (χ2v) is 9.66. The SMILES string of the molecule is Cc1c(CC(C)C)sc(S(=O)(=O)NC(C)(C)C)c1B(O)O. The van der Waals surface area contributed by atoms with Gasteiger partial charge in [-0.05, 0) is 45.6 Å². The second-order valence-electron chi connectivity index (χ2n) is 6.68. The first kappa shape index (κ1) is 18.6. The van der Waals surface area contributed by atoms with Gasteiger partial charge in [0.1, 0.15) is 4.21 Å². The van der Waals surface area contributed by atoms with Crippen molar-refractivity contribution in [2.24, 2.45) is 5.92 Å². The van der Waals surface area contributed by atoms with Gasteiger partial charge in [0.25, 0.3) is 0 Å². The molecular formula is C13H24BNO4S2. The largest absolute Gasteiger partial charge is 0.490 e. The van der Waals surface area contributed by atoms with Gasteiger partial charge in [-0.3, -0.25) is 0 Å². The molecule has 0 atom stereocenters. The highest BCUT2D eigenvalue weighted by Gasteiger charge is 2.33. The molecule has 1 rings (SSSR count). The Bertz CT molecular complexity index is 600. The molecule has 0 saturated carbocycles. The Labute approximate surface area is 131 Å². The van der Waals surface area contributed by atoms with Crippen molar-refractivity contribution in [1.29, 1.82) is 0 Å². The summed E-state index contributed by atoms with van der Waals surface area (Å²) in [6, 6.07) is 0. The van der Waals surface area contributed by atoms with Crippen LogP contribution < -0.4 is 10.2 Å². The average Bonchev–Trinajstić information content (AvgIpc) is 2.52. The topological polar surface area (TPSA) is 86.6 Å². The van der Waals surface area contributed by atoms with Gasteiger partial charge in [-0.15, -0.1) is 11.3 Å². The van der Waals surface area contributed by atoms with Crippen LogP contribution in [-0.4, -0.2) is 31.1 Å². The molecule has 0 bridgehead atoms. The number of nitrogens with one attached hydrogen (secondary N) is 1. The standard InChI is InChI=1S/C13H24BNO4S2/c1-8(2)7-10-9(3)11(14(16)17)12(20-10)21(18,19)15-13(4,5)6/h8,15-17H,7H2,1-6H3. The van der Waals surface area contributed by atoms with E-state index in [4.69, 9.17) is 0 Å². The highest BCUT2D eigenvalue weighted by molar-refractivity contribution is 7.92. The predicted molar refractivity (Wildman–Crippen MR) is 87.5 cm³/mol. The molecule has 0 spiro atoms. The van der Waals surface area contributed by atoms with E-state index in [2.05, 4.69) is 4.72 Å². The van der Waals surface area contributed by atoms with Crippen LogP contribution in [-0.2, 0) is 16.4 Å². The van der Waals surface area contributed by atoms with Crippen molar-refractivity contribution >= 4 is 33.9 Å². The average molecular weight is 333 g/mol. The van der Waals surface area contributed by atoms with Crippen LogP contribution in [0.15, 0.2) is 4.21 Å². The van der Waals surface area contributed by atoms with Crippen molar-refractivity contribution in [3.05, 3.63) is 10.4 Å². The van der Waals surface area contributed by atoms with Gasteiger partial charge in [-0.2, -0.15) is 0 Å². The summed E-state index contributed by atoms with van der Waals surface area (Å²) in [4.78, 5) is 0.877. The molecule has 0 aliphatic carbocycles. The molecule has 0 fully saturated rings. The molecule has 8 heteroatoms. The van der Waals surface area contributed by atoms with E-state index in [0.717, 1.165) is 16.2 Å². The summed E-state index contributed by atoms with van der Waals surface area (Å²) in [5.74, 6) is 0.358. The lowest BCUT2D eigenvalue weighted by molar-refractivity contribution is 0.424. The van der Waals surface area contributed by atoms with Crippen LogP contribution >= 0.6 is 11.3 Å². The summed E-state index contributed by atoms with van der Waals surface area (Å²) in [5.41, 5.74) is 0.109. The predicted octanol–water partition coefficient (Wildman–Crippen LogP) is 1.01. The third-order valence-corrected chi connectivity index (χ3v) is 6.42. The Kier molecular flexibility index (Phi) is 5.66. The molecule has 1 aromatic heterocycles.